The molecule has 0 radical (unpaired) electrons. The van der Waals surface area contributed by atoms with Crippen LogP contribution in [0.1, 0.15) is 15.9 Å². The molecule has 6 nitrogen and oxygen atoms in total. The van der Waals surface area contributed by atoms with Crippen molar-refractivity contribution in [2.75, 3.05) is 0 Å². The molecular formula is C18H14ClN3O3. The van der Waals surface area contributed by atoms with Crippen LogP contribution in [0.5, 0.6) is 0 Å². The van der Waals surface area contributed by atoms with E-state index in [1.54, 1.807) is 48.5 Å². The number of hydrogen-bond donors (Lipinski definition) is 3. The van der Waals surface area contributed by atoms with Crippen LogP contribution in [0.25, 0.3) is 10.9 Å². The first kappa shape index (κ1) is 16.7. The Morgan fingerprint density at radius 1 is 1.00 bits per heavy atom. The smallest absolute Gasteiger partial charge is 0.270 e. The third kappa shape index (κ3) is 4.05. The van der Waals surface area contributed by atoms with Gasteiger partial charge in [-0.25, -0.2) is 0 Å². The first-order chi connectivity index (χ1) is 12.0. The number of amides is 2. The Morgan fingerprint density at radius 3 is 2.48 bits per heavy atom. The molecule has 0 spiro atoms. The van der Waals surface area contributed by atoms with Gasteiger partial charge >= 0.3 is 0 Å². The largest absolute Gasteiger partial charge is 0.322 e. The van der Waals surface area contributed by atoms with Crippen molar-refractivity contribution in [3.05, 3.63) is 81.1 Å². The fraction of sp³-hybridized carbons (Fsp3) is 0.0556. The number of para-hydroxylation sites is 1. The zero-order valence-electron chi connectivity index (χ0n) is 13.0. The van der Waals surface area contributed by atoms with E-state index in [0.29, 0.717) is 15.9 Å². The van der Waals surface area contributed by atoms with Crippen molar-refractivity contribution in [2.24, 2.45) is 0 Å². The number of rotatable bonds is 3. The van der Waals surface area contributed by atoms with Crippen LogP contribution < -0.4 is 16.4 Å². The average molecular weight is 356 g/mol. The zero-order chi connectivity index (χ0) is 17.8. The van der Waals surface area contributed by atoms with Gasteiger partial charge in [0.05, 0.1) is 12.0 Å². The lowest BCUT2D eigenvalue weighted by molar-refractivity contribution is -0.121. The van der Waals surface area contributed by atoms with Gasteiger partial charge in [0, 0.05) is 22.0 Å². The molecule has 3 aromatic rings. The lowest BCUT2D eigenvalue weighted by Crippen LogP contribution is -2.42. The number of nitrogens with one attached hydrogen (secondary N) is 3. The molecule has 1 aromatic heterocycles. The molecule has 0 saturated carbocycles. The highest BCUT2D eigenvalue weighted by Crippen LogP contribution is 2.14. The standard InChI is InChI=1S/C18H14ClN3O3/c19-12-7-5-11(6-8-12)9-17(24)21-22-18(25)14-10-16(23)20-15-4-2-1-3-13(14)15/h1-8,10H,9H2,(H,20,23)(H,21,24)(H,22,25). The summed E-state index contributed by atoms with van der Waals surface area (Å²) in [5.41, 5.74) is 5.78. The number of hydrogen-bond acceptors (Lipinski definition) is 3. The minimum absolute atomic E-state index is 0.0908. The van der Waals surface area contributed by atoms with Crippen molar-refractivity contribution in [1.29, 1.82) is 0 Å². The monoisotopic (exact) mass is 355 g/mol. The summed E-state index contributed by atoms with van der Waals surface area (Å²) in [5, 5.41) is 1.17. The lowest BCUT2D eigenvalue weighted by Gasteiger charge is -2.09. The maximum absolute atomic E-state index is 12.3. The molecule has 3 rings (SSSR count). The minimum Gasteiger partial charge on any atom is -0.322 e. The predicted molar refractivity (Wildman–Crippen MR) is 95.3 cm³/mol. The second kappa shape index (κ2) is 7.19. The number of halogens is 1. The van der Waals surface area contributed by atoms with Crippen LogP contribution in [-0.2, 0) is 11.2 Å². The summed E-state index contributed by atoms with van der Waals surface area (Å²) in [6.07, 6.45) is 0.0908. The van der Waals surface area contributed by atoms with E-state index < -0.39 is 11.5 Å². The maximum atomic E-state index is 12.3. The molecule has 0 aliphatic carbocycles. The molecule has 3 N–H and O–H groups in total. The van der Waals surface area contributed by atoms with Crippen molar-refractivity contribution in [1.82, 2.24) is 15.8 Å². The van der Waals surface area contributed by atoms with Crippen molar-refractivity contribution in [3.63, 3.8) is 0 Å². The number of fused-ring (bicyclic) bond motifs is 1. The third-order valence-electron chi connectivity index (χ3n) is 3.59. The van der Waals surface area contributed by atoms with Crippen LogP contribution in [-0.4, -0.2) is 16.8 Å². The van der Waals surface area contributed by atoms with Gasteiger partial charge in [0.1, 0.15) is 0 Å². The Bertz CT molecular complexity index is 996. The summed E-state index contributed by atoms with van der Waals surface area (Å²) in [4.78, 5) is 38.6. The van der Waals surface area contributed by atoms with Gasteiger partial charge in [0.15, 0.2) is 0 Å². The molecule has 25 heavy (non-hydrogen) atoms. The second-order valence-corrected chi connectivity index (χ2v) is 5.83. The number of hydrazine groups is 1. The SMILES string of the molecule is O=C(Cc1ccc(Cl)cc1)NNC(=O)c1cc(=O)[nH]c2ccccc12. The van der Waals surface area contributed by atoms with E-state index in [1.165, 1.54) is 6.07 Å². The summed E-state index contributed by atoms with van der Waals surface area (Å²) < 4.78 is 0. The summed E-state index contributed by atoms with van der Waals surface area (Å²) >= 11 is 5.79. The molecule has 0 fully saturated rings. The van der Waals surface area contributed by atoms with Crippen LogP contribution in [0, 0.1) is 0 Å². The Balaban J connectivity index is 1.69. The zero-order valence-corrected chi connectivity index (χ0v) is 13.8. The normalized spacial score (nSPS) is 10.4. The van der Waals surface area contributed by atoms with E-state index in [0.717, 1.165) is 5.56 Å². The molecule has 0 bridgehead atoms. The average Bonchev–Trinajstić information content (AvgIpc) is 2.61. The number of H-pyrrole nitrogens is 1. The number of aromatic nitrogens is 1. The molecule has 7 heteroatoms. The number of aromatic amines is 1. The van der Waals surface area contributed by atoms with Crippen LogP contribution in [0.3, 0.4) is 0 Å². The molecule has 0 aliphatic heterocycles. The molecule has 1 heterocycles. The van der Waals surface area contributed by atoms with E-state index in [4.69, 9.17) is 11.6 Å². The summed E-state index contributed by atoms with van der Waals surface area (Å²) in [5.74, 6) is -0.948. The first-order valence-corrected chi connectivity index (χ1v) is 7.86. The van der Waals surface area contributed by atoms with Crippen LogP contribution in [0.4, 0.5) is 0 Å². The highest BCUT2D eigenvalue weighted by Gasteiger charge is 2.12. The van der Waals surface area contributed by atoms with Gasteiger partial charge in [0.25, 0.3) is 5.91 Å². The molecule has 126 valence electrons. The highest BCUT2D eigenvalue weighted by atomic mass is 35.5. The predicted octanol–water partition coefficient (Wildman–Crippen LogP) is 2.19. The quantitative estimate of drug-likeness (QED) is 0.629. The molecule has 0 unspecified atom stereocenters. The minimum atomic E-state index is -0.563. The second-order valence-electron chi connectivity index (χ2n) is 5.40. The van der Waals surface area contributed by atoms with Crippen molar-refractivity contribution < 1.29 is 9.59 Å². The Labute approximate surface area is 147 Å². The molecule has 2 amide bonds. The fourth-order valence-electron chi connectivity index (χ4n) is 2.42. The Kier molecular flexibility index (Phi) is 4.81. The van der Waals surface area contributed by atoms with Gasteiger partial charge in [-0.3, -0.25) is 25.2 Å². The molecule has 0 atom stereocenters. The van der Waals surface area contributed by atoms with Gasteiger partial charge in [-0.05, 0) is 23.8 Å². The summed E-state index contributed by atoms with van der Waals surface area (Å²) in [6, 6.07) is 15.0. The van der Waals surface area contributed by atoms with E-state index in [-0.39, 0.29) is 17.9 Å². The van der Waals surface area contributed by atoms with E-state index in [1.807, 2.05) is 0 Å². The lowest BCUT2D eigenvalue weighted by atomic mass is 10.1. The molecule has 2 aromatic carbocycles. The van der Waals surface area contributed by atoms with Crippen molar-refractivity contribution in [2.45, 2.75) is 6.42 Å². The van der Waals surface area contributed by atoms with E-state index in [9.17, 15) is 14.4 Å². The Morgan fingerprint density at radius 2 is 1.72 bits per heavy atom. The number of benzene rings is 2. The fourth-order valence-corrected chi connectivity index (χ4v) is 2.54. The van der Waals surface area contributed by atoms with Crippen LogP contribution >= 0.6 is 11.6 Å². The van der Waals surface area contributed by atoms with Gasteiger partial charge in [-0.2, -0.15) is 0 Å². The number of pyridine rings is 1. The van der Waals surface area contributed by atoms with Gasteiger partial charge in [-0.15, -0.1) is 0 Å². The van der Waals surface area contributed by atoms with Crippen molar-refractivity contribution >= 4 is 34.3 Å². The van der Waals surface area contributed by atoms with Crippen molar-refractivity contribution in [3.8, 4) is 0 Å². The van der Waals surface area contributed by atoms with Gasteiger partial charge in [0.2, 0.25) is 11.5 Å². The summed E-state index contributed by atoms with van der Waals surface area (Å²) in [7, 11) is 0. The Hall–Kier alpha value is -3.12. The first-order valence-electron chi connectivity index (χ1n) is 7.48. The summed E-state index contributed by atoms with van der Waals surface area (Å²) in [6.45, 7) is 0. The van der Waals surface area contributed by atoms with E-state index >= 15 is 0 Å². The van der Waals surface area contributed by atoms with Gasteiger partial charge in [-0.1, -0.05) is 41.9 Å². The van der Waals surface area contributed by atoms with E-state index in [2.05, 4.69) is 15.8 Å². The number of carbonyl (C=O) groups is 2. The maximum Gasteiger partial charge on any atom is 0.270 e. The highest BCUT2D eigenvalue weighted by molar-refractivity contribution is 6.30. The molecular weight excluding hydrogens is 342 g/mol. The number of carbonyl (C=O) groups excluding carboxylic acids is 2. The van der Waals surface area contributed by atoms with Crippen LogP contribution in [0.15, 0.2) is 59.4 Å². The van der Waals surface area contributed by atoms with Crippen LogP contribution in [0.2, 0.25) is 5.02 Å². The molecule has 0 aliphatic rings. The molecule has 0 saturated heterocycles. The topological polar surface area (TPSA) is 91.1 Å². The third-order valence-corrected chi connectivity index (χ3v) is 3.84. The van der Waals surface area contributed by atoms with Gasteiger partial charge < -0.3 is 4.98 Å².